The Morgan fingerprint density at radius 3 is 2.53 bits per heavy atom. The Morgan fingerprint density at radius 1 is 1.26 bits per heavy atom. The number of piperidine rings is 3. The van der Waals surface area contributed by atoms with E-state index in [-0.39, 0.29) is 0 Å². The molecule has 3 heterocycles. The molecule has 3 nitrogen and oxygen atoms in total. The van der Waals surface area contributed by atoms with Crippen LogP contribution >= 0.6 is 0 Å². The third-order valence-corrected chi connectivity index (χ3v) is 4.76. The van der Waals surface area contributed by atoms with Crippen molar-refractivity contribution in [2.75, 3.05) is 26.2 Å². The van der Waals surface area contributed by atoms with Crippen LogP contribution in [-0.4, -0.2) is 42.2 Å². The number of hydrogen-bond donors (Lipinski definition) is 2. The highest BCUT2D eigenvalue weighted by atomic mass is 16.3. The van der Waals surface area contributed by atoms with Crippen molar-refractivity contribution in [2.24, 2.45) is 5.92 Å². The molecule has 3 saturated heterocycles. The summed E-state index contributed by atoms with van der Waals surface area (Å²) >= 11 is 0. The van der Waals surface area contributed by atoms with Gasteiger partial charge in [-0.2, -0.15) is 0 Å². The van der Waals surface area contributed by atoms with Crippen molar-refractivity contribution < 1.29 is 5.11 Å². The smallest absolute Gasteiger partial charge is 0.0992 e. The maximum atomic E-state index is 10.6. The quantitative estimate of drug-likeness (QED) is 0.863. The van der Waals surface area contributed by atoms with Gasteiger partial charge in [0.1, 0.15) is 0 Å². The van der Waals surface area contributed by atoms with Crippen LogP contribution in [0, 0.1) is 5.92 Å². The van der Waals surface area contributed by atoms with E-state index in [9.17, 15) is 5.11 Å². The van der Waals surface area contributed by atoms with E-state index >= 15 is 0 Å². The summed E-state index contributed by atoms with van der Waals surface area (Å²) in [4.78, 5) is 2.54. The van der Waals surface area contributed by atoms with Gasteiger partial charge in [-0.15, -0.1) is 0 Å². The van der Waals surface area contributed by atoms with E-state index in [1.807, 2.05) is 37.3 Å². The van der Waals surface area contributed by atoms with Gasteiger partial charge in [-0.1, -0.05) is 30.3 Å². The van der Waals surface area contributed by atoms with Crippen LogP contribution in [0.5, 0.6) is 0 Å². The summed E-state index contributed by atoms with van der Waals surface area (Å²) in [5.74, 6) is 0.802. The third-order valence-electron chi connectivity index (χ3n) is 4.76. The summed E-state index contributed by atoms with van der Waals surface area (Å²) in [6.07, 6.45) is 2.62. The van der Waals surface area contributed by atoms with Crippen LogP contribution in [0.3, 0.4) is 0 Å². The Hall–Kier alpha value is -0.900. The van der Waals surface area contributed by atoms with E-state index in [2.05, 4.69) is 10.2 Å². The first-order valence-electron chi connectivity index (χ1n) is 7.39. The largest absolute Gasteiger partial charge is 0.384 e. The highest BCUT2D eigenvalue weighted by molar-refractivity contribution is 5.21. The van der Waals surface area contributed by atoms with Crippen molar-refractivity contribution in [1.82, 2.24) is 10.2 Å². The number of benzene rings is 1. The fourth-order valence-electron chi connectivity index (χ4n) is 3.43. The molecule has 3 heteroatoms. The van der Waals surface area contributed by atoms with E-state index in [0.717, 1.165) is 18.0 Å². The van der Waals surface area contributed by atoms with Crippen molar-refractivity contribution in [3.05, 3.63) is 35.9 Å². The summed E-state index contributed by atoms with van der Waals surface area (Å²) in [6, 6.07) is 10.5. The third kappa shape index (κ3) is 2.83. The molecule has 4 rings (SSSR count). The number of nitrogens with zero attached hydrogens (tertiary/aromatic N) is 1. The molecule has 3 fully saturated rings. The van der Waals surface area contributed by atoms with Gasteiger partial charge in [0.2, 0.25) is 0 Å². The minimum Gasteiger partial charge on any atom is -0.384 e. The van der Waals surface area contributed by atoms with Crippen molar-refractivity contribution in [2.45, 2.75) is 31.4 Å². The molecule has 0 saturated carbocycles. The number of aliphatic hydroxyl groups is 1. The molecule has 2 bridgehead atoms. The molecule has 1 aromatic rings. The lowest BCUT2D eigenvalue weighted by molar-refractivity contribution is 0.0284. The Bertz CT molecular complexity index is 410. The first-order valence-corrected chi connectivity index (χ1v) is 7.39. The number of fused-ring (bicyclic) bond motifs is 3. The number of nitrogens with one attached hydrogen (secondary N) is 1. The summed E-state index contributed by atoms with van der Waals surface area (Å²) < 4.78 is 0. The lowest BCUT2D eigenvalue weighted by atomic mass is 9.83. The molecule has 0 amide bonds. The molecule has 2 unspecified atom stereocenters. The second-order valence-corrected chi connectivity index (χ2v) is 6.27. The Kier molecular flexibility index (Phi) is 3.61. The van der Waals surface area contributed by atoms with Gasteiger partial charge in [0, 0.05) is 19.1 Å². The SMILES string of the molecule is CC(O)(CNC1CN2CCC1CC2)c1ccccc1. The molecule has 0 spiro atoms. The Morgan fingerprint density at radius 2 is 1.95 bits per heavy atom. The first-order chi connectivity index (χ1) is 9.15. The zero-order valence-electron chi connectivity index (χ0n) is 11.7. The van der Waals surface area contributed by atoms with Crippen LogP contribution in [0.15, 0.2) is 30.3 Å². The standard InChI is InChI=1S/C16H24N2O/c1-16(19,14-5-3-2-4-6-14)12-17-15-11-18-9-7-13(15)8-10-18/h2-6,13,15,17,19H,7-12H2,1H3. The summed E-state index contributed by atoms with van der Waals surface area (Å²) in [7, 11) is 0. The predicted octanol–water partition coefficient (Wildman–Crippen LogP) is 1.58. The maximum Gasteiger partial charge on any atom is 0.0992 e. The van der Waals surface area contributed by atoms with Crippen LogP contribution < -0.4 is 5.32 Å². The normalized spacial score (nSPS) is 33.1. The lowest BCUT2D eigenvalue weighted by Crippen LogP contribution is -2.57. The molecule has 19 heavy (non-hydrogen) atoms. The van der Waals surface area contributed by atoms with Crippen LogP contribution in [0.25, 0.3) is 0 Å². The maximum absolute atomic E-state index is 10.6. The van der Waals surface area contributed by atoms with Crippen molar-refractivity contribution in [3.8, 4) is 0 Å². The summed E-state index contributed by atoms with van der Waals surface area (Å²) in [5.41, 5.74) is 0.205. The average molecular weight is 260 g/mol. The van der Waals surface area contributed by atoms with Gasteiger partial charge < -0.3 is 15.3 Å². The van der Waals surface area contributed by atoms with Gasteiger partial charge >= 0.3 is 0 Å². The van der Waals surface area contributed by atoms with Crippen LogP contribution in [0.1, 0.15) is 25.3 Å². The van der Waals surface area contributed by atoms with Gasteiger partial charge in [0.15, 0.2) is 0 Å². The average Bonchev–Trinajstić information content (AvgIpc) is 2.47. The molecule has 3 aliphatic rings. The minimum atomic E-state index is -0.784. The number of rotatable bonds is 4. The monoisotopic (exact) mass is 260 g/mol. The Balaban J connectivity index is 1.60. The fraction of sp³-hybridized carbons (Fsp3) is 0.625. The first kappa shape index (κ1) is 13.1. The predicted molar refractivity (Wildman–Crippen MR) is 77.0 cm³/mol. The summed E-state index contributed by atoms with van der Waals surface area (Å²) in [5, 5.41) is 14.2. The molecule has 1 aromatic carbocycles. The molecule has 0 radical (unpaired) electrons. The Labute approximate surface area is 115 Å². The van der Waals surface area contributed by atoms with Crippen molar-refractivity contribution in [3.63, 3.8) is 0 Å². The fourth-order valence-corrected chi connectivity index (χ4v) is 3.43. The van der Waals surface area contributed by atoms with Crippen LogP contribution in [-0.2, 0) is 5.60 Å². The molecular weight excluding hydrogens is 236 g/mol. The van der Waals surface area contributed by atoms with Crippen molar-refractivity contribution >= 4 is 0 Å². The molecular formula is C16H24N2O. The van der Waals surface area contributed by atoms with Gasteiger partial charge in [-0.05, 0) is 44.3 Å². The van der Waals surface area contributed by atoms with E-state index in [1.54, 1.807) is 0 Å². The van der Waals surface area contributed by atoms with Gasteiger partial charge in [0.25, 0.3) is 0 Å². The molecule has 3 aliphatic heterocycles. The molecule has 2 N–H and O–H groups in total. The highest BCUT2D eigenvalue weighted by Gasteiger charge is 2.35. The second-order valence-electron chi connectivity index (χ2n) is 6.27. The van der Waals surface area contributed by atoms with Crippen molar-refractivity contribution in [1.29, 1.82) is 0 Å². The van der Waals surface area contributed by atoms with Crippen LogP contribution in [0.2, 0.25) is 0 Å². The van der Waals surface area contributed by atoms with E-state index in [0.29, 0.717) is 12.6 Å². The number of hydrogen-bond acceptors (Lipinski definition) is 3. The molecule has 2 atom stereocenters. The second kappa shape index (κ2) is 5.23. The van der Waals surface area contributed by atoms with E-state index in [4.69, 9.17) is 0 Å². The summed E-state index contributed by atoms with van der Waals surface area (Å²) in [6.45, 7) is 6.20. The molecule has 0 aliphatic carbocycles. The van der Waals surface area contributed by atoms with E-state index < -0.39 is 5.60 Å². The van der Waals surface area contributed by atoms with Gasteiger partial charge in [-0.25, -0.2) is 0 Å². The topological polar surface area (TPSA) is 35.5 Å². The zero-order chi connectivity index (χ0) is 13.3. The van der Waals surface area contributed by atoms with Gasteiger partial charge in [-0.3, -0.25) is 0 Å². The lowest BCUT2D eigenvalue weighted by Gasteiger charge is -2.45. The zero-order valence-corrected chi connectivity index (χ0v) is 11.7. The van der Waals surface area contributed by atoms with Crippen LogP contribution in [0.4, 0.5) is 0 Å². The van der Waals surface area contributed by atoms with E-state index in [1.165, 1.54) is 25.9 Å². The van der Waals surface area contributed by atoms with Gasteiger partial charge in [0.05, 0.1) is 5.60 Å². The minimum absolute atomic E-state index is 0.553. The molecule has 104 valence electrons. The highest BCUT2D eigenvalue weighted by Crippen LogP contribution is 2.28. The molecule has 0 aromatic heterocycles.